The highest BCUT2D eigenvalue weighted by Crippen LogP contribution is 2.32. The molecule has 0 aromatic carbocycles. The maximum atomic E-state index is 12.7. The fraction of sp³-hybridized carbons (Fsp3) is 0.964. The third-order valence-electron chi connectivity index (χ3n) is 6.66. The van der Waals surface area contributed by atoms with E-state index in [1.807, 2.05) is 34.6 Å². The molecule has 5 nitrogen and oxygen atoms in total. The predicted octanol–water partition coefficient (Wildman–Crippen LogP) is 7.98. The van der Waals surface area contributed by atoms with E-state index in [1.54, 1.807) is 4.90 Å². The Labute approximate surface area is 205 Å². The number of ether oxygens (including phenoxy) is 2. The number of hydrogen-bond acceptors (Lipinski definition) is 4. The maximum Gasteiger partial charge on any atom is 0.412 e. The van der Waals surface area contributed by atoms with E-state index in [0.717, 1.165) is 12.8 Å². The number of amides is 1. The molecule has 1 N–H and O–H groups in total. The lowest BCUT2D eigenvalue weighted by atomic mass is 10.0. The Morgan fingerprint density at radius 2 is 1.33 bits per heavy atom. The number of rotatable bonds is 17. The van der Waals surface area contributed by atoms with E-state index in [2.05, 4.69) is 6.92 Å². The Hall–Kier alpha value is -0.810. The molecule has 0 aromatic heterocycles. The van der Waals surface area contributed by atoms with Crippen LogP contribution >= 0.6 is 0 Å². The van der Waals surface area contributed by atoms with Crippen molar-refractivity contribution in [2.75, 3.05) is 6.61 Å². The highest BCUT2D eigenvalue weighted by Gasteiger charge is 2.48. The molecule has 2 atom stereocenters. The smallest absolute Gasteiger partial charge is 0.412 e. The Balaban J connectivity index is 2.11. The normalized spacial score (nSPS) is 19.1. The molecule has 0 aliphatic carbocycles. The Morgan fingerprint density at radius 1 is 0.909 bits per heavy atom. The zero-order chi connectivity index (χ0) is 24.7. The number of carbonyl (C=O) groups excluding carboxylic acids is 1. The molecule has 1 rings (SSSR count). The molecule has 1 aliphatic heterocycles. The van der Waals surface area contributed by atoms with Gasteiger partial charge in [0.05, 0.1) is 18.8 Å². The first-order valence-electron chi connectivity index (χ1n) is 13.9. The van der Waals surface area contributed by atoms with Crippen LogP contribution in [0.2, 0.25) is 0 Å². The minimum atomic E-state index is -0.761. The summed E-state index contributed by atoms with van der Waals surface area (Å²) >= 11 is 0. The third-order valence-corrected chi connectivity index (χ3v) is 6.66. The van der Waals surface area contributed by atoms with Crippen LogP contribution in [-0.2, 0) is 9.47 Å². The van der Waals surface area contributed by atoms with E-state index in [-0.39, 0.29) is 6.04 Å². The van der Waals surface area contributed by atoms with Gasteiger partial charge in [-0.15, -0.1) is 0 Å². The standard InChI is InChI=1S/C28H55NO4/c1-7-8-9-10-11-12-13-14-15-16-17-18-19-20-21-22-25(30)24-23-32-28(5,6)29(24)26(31)33-27(2,3)4/h24-25,30H,7-23H2,1-6H3/t24-,25+/m0/s1. The number of unbranched alkanes of at least 4 members (excludes halogenated alkanes) is 14. The minimum absolute atomic E-state index is 0.346. The molecule has 0 unspecified atom stereocenters. The van der Waals surface area contributed by atoms with Crippen molar-refractivity contribution in [3.8, 4) is 0 Å². The lowest BCUT2D eigenvalue weighted by Crippen LogP contribution is -2.53. The van der Waals surface area contributed by atoms with Crippen molar-refractivity contribution in [3.05, 3.63) is 0 Å². The van der Waals surface area contributed by atoms with E-state index in [4.69, 9.17) is 9.47 Å². The van der Waals surface area contributed by atoms with E-state index in [1.165, 1.54) is 83.5 Å². The fourth-order valence-electron chi connectivity index (χ4n) is 4.70. The molecule has 1 heterocycles. The van der Waals surface area contributed by atoms with Crippen molar-refractivity contribution >= 4 is 6.09 Å². The van der Waals surface area contributed by atoms with Gasteiger partial charge in [-0.1, -0.05) is 103 Å². The predicted molar refractivity (Wildman–Crippen MR) is 137 cm³/mol. The highest BCUT2D eigenvalue weighted by molar-refractivity contribution is 5.69. The van der Waals surface area contributed by atoms with Gasteiger partial charge in [-0.05, 0) is 41.0 Å². The third kappa shape index (κ3) is 13.0. The first kappa shape index (κ1) is 30.2. The van der Waals surface area contributed by atoms with E-state index < -0.39 is 23.5 Å². The molecular formula is C28H55NO4. The second kappa shape index (κ2) is 16.0. The number of aliphatic hydroxyl groups is 1. The fourth-order valence-corrected chi connectivity index (χ4v) is 4.70. The molecule has 1 aliphatic rings. The van der Waals surface area contributed by atoms with Crippen LogP contribution < -0.4 is 0 Å². The van der Waals surface area contributed by atoms with Crippen molar-refractivity contribution in [1.29, 1.82) is 0 Å². The average Bonchev–Trinajstić information content (AvgIpc) is 3.04. The zero-order valence-electron chi connectivity index (χ0n) is 22.8. The van der Waals surface area contributed by atoms with Gasteiger partial charge in [0.15, 0.2) is 0 Å². The number of nitrogens with zero attached hydrogens (tertiary/aromatic N) is 1. The molecule has 5 heteroatoms. The van der Waals surface area contributed by atoms with Gasteiger partial charge in [0.25, 0.3) is 0 Å². The van der Waals surface area contributed by atoms with Crippen LogP contribution in [0.25, 0.3) is 0 Å². The molecule has 0 radical (unpaired) electrons. The summed E-state index contributed by atoms with van der Waals surface area (Å²) in [5.41, 5.74) is -1.33. The van der Waals surface area contributed by atoms with Crippen LogP contribution in [0.1, 0.15) is 144 Å². The quantitative estimate of drug-likeness (QED) is 0.219. The van der Waals surface area contributed by atoms with Gasteiger partial charge in [0.1, 0.15) is 11.3 Å². The largest absolute Gasteiger partial charge is 0.444 e. The second-order valence-electron chi connectivity index (χ2n) is 11.5. The van der Waals surface area contributed by atoms with Crippen molar-refractivity contribution in [1.82, 2.24) is 4.90 Å². The topological polar surface area (TPSA) is 59.0 Å². The SMILES string of the molecule is CCCCCCCCCCCCCCCCC[C@@H](O)[C@@H]1COC(C)(C)N1C(=O)OC(C)(C)C. The van der Waals surface area contributed by atoms with Gasteiger partial charge in [-0.3, -0.25) is 4.90 Å². The van der Waals surface area contributed by atoms with Crippen molar-refractivity contribution in [3.63, 3.8) is 0 Å². The molecule has 0 aromatic rings. The summed E-state index contributed by atoms with van der Waals surface area (Å²) in [7, 11) is 0. The molecular weight excluding hydrogens is 414 g/mol. The Kier molecular flexibility index (Phi) is 14.6. The summed E-state index contributed by atoms with van der Waals surface area (Å²) in [6.07, 6.45) is 19.6. The van der Waals surface area contributed by atoms with Crippen molar-refractivity contribution in [2.24, 2.45) is 0 Å². The molecule has 1 fully saturated rings. The first-order chi connectivity index (χ1) is 15.6. The molecule has 0 bridgehead atoms. The summed E-state index contributed by atoms with van der Waals surface area (Å²) in [6.45, 7) is 11.9. The lowest BCUT2D eigenvalue weighted by molar-refractivity contribution is -0.0681. The maximum absolute atomic E-state index is 12.7. The molecule has 196 valence electrons. The van der Waals surface area contributed by atoms with Crippen LogP contribution in [-0.4, -0.2) is 46.2 Å². The second-order valence-corrected chi connectivity index (χ2v) is 11.5. The molecule has 1 saturated heterocycles. The van der Waals surface area contributed by atoms with Crippen LogP contribution in [0.15, 0.2) is 0 Å². The van der Waals surface area contributed by atoms with Crippen LogP contribution in [0, 0.1) is 0 Å². The summed E-state index contributed by atoms with van der Waals surface area (Å²) in [5.74, 6) is 0. The monoisotopic (exact) mass is 469 g/mol. The zero-order valence-corrected chi connectivity index (χ0v) is 22.8. The lowest BCUT2D eigenvalue weighted by Gasteiger charge is -2.36. The van der Waals surface area contributed by atoms with Crippen LogP contribution in [0.5, 0.6) is 0 Å². The van der Waals surface area contributed by atoms with Gasteiger partial charge in [0, 0.05) is 0 Å². The first-order valence-corrected chi connectivity index (χ1v) is 13.9. The van der Waals surface area contributed by atoms with Gasteiger partial charge in [0.2, 0.25) is 0 Å². The van der Waals surface area contributed by atoms with Crippen LogP contribution in [0.4, 0.5) is 4.79 Å². The van der Waals surface area contributed by atoms with Gasteiger partial charge in [-0.25, -0.2) is 4.79 Å². The van der Waals surface area contributed by atoms with Gasteiger partial charge < -0.3 is 14.6 Å². The Morgan fingerprint density at radius 3 is 1.76 bits per heavy atom. The summed E-state index contributed by atoms with van der Waals surface area (Å²) in [4.78, 5) is 14.3. The van der Waals surface area contributed by atoms with Crippen molar-refractivity contribution in [2.45, 2.75) is 168 Å². The Bertz CT molecular complexity index is 515. The number of aliphatic hydroxyl groups excluding tert-OH is 1. The van der Waals surface area contributed by atoms with E-state index in [9.17, 15) is 9.90 Å². The van der Waals surface area contributed by atoms with Crippen LogP contribution in [0.3, 0.4) is 0 Å². The van der Waals surface area contributed by atoms with E-state index in [0.29, 0.717) is 13.0 Å². The van der Waals surface area contributed by atoms with Gasteiger partial charge >= 0.3 is 6.09 Å². The molecule has 0 spiro atoms. The highest BCUT2D eigenvalue weighted by atomic mass is 16.6. The average molecular weight is 470 g/mol. The van der Waals surface area contributed by atoms with Crippen molar-refractivity contribution < 1.29 is 19.4 Å². The summed E-state index contributed by atoms with van der Waals surface area (Å²) < 4.78 is 11.4. The molecule has 0 saturated carbocycles. The molecule has 33 heavy (non-hydrogen) atoms. The number of hydrogen-bond donors (Lipinski definition) is 1. The summed E-state index contributed by atoms with van der Waals surface area (Å²) in [6, 6.07) is -0.346. The minimum Gasteiger partial charge on any atom is -0.444 e. The summed E-state index contributed by atoms with van der Waals surface area (Å²) in [5, 5.41) is 10.8. The van der Waals surface area contributed by atoms with E-state index >= 15 is 0 Å². The number of carbonyl (C=O) groups is 1. The molecule has 1 amide bonds. The van der Waals surface area contributed by atoms with Gasteiger partial charge in [-0.2, -0.15) is 0 Å².